The average Bonchev–Trinajstić information content (AvgIpc) is 3.37. The molecule has 3 aliphatic rings. The lowest BCUT2D eigenvalue weighted by atomic mass is 9.96. The minimum absolute atomic E-state index is 0.0518. The minimum Gasteiger partial charge on any atom is -0.477 e. The van der Waals surface area contributed by atoms with Crippen molar-refractivity contribution in [3.8, 4) is 5.75 Å². The molecule has 9 nitrogen and oxygen atoms in total. The summed E-state index contributed by atoms with van der Waals surface area (Å²) >= 11 is 5.98. The standard InChI is InChI=1S/C27H31ClF2N4O5S/c1-26(2,39-20-8-5-16(28)10-21(20)40(3,37)38)25(36)32-17-11-18-6-7-19(12-17)34(18)23-9-4-15(14-31-23)24(35)33-22-13-27(22,29)30/h4-5,8-10,14,17-19,22H,6-7,11-13H2,1-3H3,(H,32,36)(H,33,35). The Bertz CT molecular complexity index is 1420. The van der Waals surface area contributed by atoms with Gasteiger partial charge in [-0.05, 0) is 69.9 Å². The van der Waals surface area contributed by atoms with Crippen molar-refractivity contribution in [3.63, 3.8) is 0 Å². The number of ether oxygens (including phenoxy) is 1. The van der Waals surface area contributed by atoms with Gasteiger partial charge in [0, 0.05) is 42.0 Å². The Morgan fingerprint density at radius 1 is 1.12 bits per heavy atom. The number of halogens is 3. The maximum Gasteiger partial charge on any atom is 0.270 e. The number of pyridine rings is 1. The van der Waals surface area contributed by atoms with Crippen LogP contribution in [0.15, 0.2) is 41.4 Å². The van der Waals surface area contributed by atoms with Crippen LogP contribution in [-0.4, -0.2) is 67.2 Å². The second-order valence-electron chi connectivity index (χ2n) is 11.3. The number of aromatic nitrogens is 1. The summed E-state index contributed by atoms with van der Waals surface area (Å²) in [6, 6.07) is 6.58. The summed E-state index contributed by atoms with van der Waals surface area (Å²) in [5.41, 5.74) is -1.13. The molecule has 2 aliphatic heterocycles. The Kier molecular flexibility index (Phi) is 7.23. The second kappa shape index (κ2) is 10.1. The molecule has 1 aliphatic carbocycles. The fourth-order valence-corrected chi connectivity index (χ4v) is 6.54. The summed E-state index contributed by atoms with van der Waals surface area (Å²) < 4.78 is 56.6. The van der Waals surface area contributed by atoms with Crippen LogP contribution in [-0.2, 0) is 14.6 Å². The van der Waals surface area contributed by atoms with Crippen molar-refractivity contribution in [1.29, 1.82) is 0 Å². The van der Waals surface area contributed by atoms with E-state index in [0.717, 1.165) is 19.1 Å². The first-order chi connectivity index (χ1) is 18.6. The highest BCUT2D eigenvalue weighted by Crippen LogP contribution is 2.42. The lowest BCUT2D eigenvalue weighted by Gasteiger charge is -2.41. The summed E-state index contributed by atoms with van der Waals surface area (Å²) in [5, 5.41) is 5.64. The first-order valence-corrected chi connectivity index (χ1v) is 15.3. The molecule has 5 rings (SSSR count). The number of nitrogens with zero attached hydrogens (tertiary/aromatic N) is 2. The van der Waals surface area contributed by atoms with Gasteiger partial charge in [0.15, 0.2) is 15.4 Å². The van der Waals surface area contributed by atoms with E-state index in [1.54, 1.807) is 26.0 Å². The van der Waals surface area contributed by atoms with Gasteiger partial charge < -0.3 is 20.3 Å². The molecule has 40 heavy (non-hydrogen) atoms. The number of carbonyl (C=O) groups excluding carboxylic acids is 2. The molecule has 1 aromatic carbocycles. The number of benzene rings is 1. The number of nitrogens with one attached hydrogen (secondary N) is 2. The Balaban J connectivity index is 1.21. The van der Waals surface area contributed by atoms with Crippen LogP contribution in [0, 0.1) is 0 Å². The van der Waals surface area contributed by atoms with Crippen molar-refractivity contribution in [2.24, 2.45) is 0 Å². The van der Waals surface area contributed by atoms with E-state index in [2.05, 4.69) is 20.5 Å². The third-order valence-corrected chi connectivity index (χ3v) is 9.04. The van der Waals surface area contributed by atoms with E-state index in [9.17, 15) is 26.8 Å². The van der Waals surface area contributed by atoms with E-state index in [1.807, 2.05) is 0 Å². The molecule has 13 heteroatoms. The van der Waals surface area contributed by atoms with Crippen molar-refractivity contribution in [2.45, 2.75) is 86.5 Å². The number of rotatable bonds is 8. The number of alkyl halides is 2. The number of carbonyl (C=O) groups is 2. The van der Waals surface area contributed by atoms with Gasteiger partial charge in [-0.2, -0.15) is 0 Å². The molecule has 2 aromatic rings. The van der Waals surface area contributed by atoms with Crippen molar-refractivity contribution in [2.75, 3.05) is 11.2 Å². The molecule has 1 aromatic heterocycles. The van der Waals surface area contributed by atoms with Gasteiger partial charge in [0.2, 0.25) is 0 Å². The van der Waals surface area contributed by atoms with E-state index >= 15 is 0 Å². The smallest absolute Gasteiger partial charge is 0.270 e. The lowest BCUT2D eigenvalue weighted by Crippen LogP contribution is -2.55. The van der Waals surface area contributed by atoms with E-state index < -0.39 is 33.3 Å². The van der Waals surface area contributed by atoms with Crippen LogP contribution >= 0.6 is 11.6 Å². The molecule has 2 amide bonds. The van der Waals surface area contributed by atoms with Crippen LogP contribution in [0.5, 0.6) is 5.75 Å². The van der Waals surface area contributed by atoms with Gasteiger partial charge in [0.1, 0.15) is 16.5 Å². The number of hydrogen-bond acceptors (Lipinski definition) is 7. The molecule has 3 unspecified atom stereocenters. The summed E-state index contributed by atoms with van der Waals surface area (Å²) in [6.45, 7) is 3.16. The van der Waals surface area contributed by atoms with Crippen LogP contribution in [0.3, 0.4) is 0 Å². The number of anilines is 1. The Morgan fingerprint density at radius 3 is 2.33 bits per heavy atom. The fourth-order valence-electron chi connectivity index (χ4n) is 5.49. The van der Waals surface area contributed by atoms with Crippen molar-refractivity contribution in [1.82, 2.24) is 15.6 Å². The number of amides is 2. The normalized spacial score (nSPS) is 25.3. The SMILES string of the molecule is CC(C)(Oc1ccc(Cl)cc1S(C)(=O)=O)C(=O)NC1CC2CCC(C1)N2c1ccc(C(=O)NC2CC2(F)F)cn1. The zero-order chi connectivity index (χ0) is 29.0. The van der Waals surface area contributed by atoms with Crippen LogP contribution < -0.4 is 20.3 Å². The van der Waals surface area contributed by atoms with Crippen LogP contribution in [0.4, 0.5) is 14.6 Å². The zero-order valence-electron chi connectivity index (χ0n) is 22.3. The number of hydrogen-bond donors (Lipinski definition) is 2. The Morgan fingerprint density at radius 2 is 1.77 bits per heavy atom. The van der Waals surface area contributed by atoms with Crippen LogP contribution in [0.1, 0.15) is 56.3 Å². The summed E-state index contributed by atoms with van der Waals surface area (Å²) in [7, 11) is -3.64. The molecule has 0 radical (unpaired) electrons. The van der Waals surface area contributed by atoms with Crippen molar-refractivity contribution in [3.05, 3.63) is 47.1 Å². The second-order valence-corrected chi connectivity index (χ2v) is 13.7. The largest absolute Gasteiger partial charge is 0.477 e. The van der Waals surface area contributed by atoms with Gasteiger partial charge in [-0.15, -0.1) is 0 Å². The third kappa shape index (κ3) is 5.88. The van der Waals surface area contributed by atoms with Crippen LogP contribution in [0.25, 0.3) is 0 Å². The summed E-state index contributed by atoms with van der Waals surface area (Å²) in [5.74, 6) is -3.02. The van der Waals surface area contributed by atoms with Gasteiger partial charge >= 0.3 is 0 Å². The molecule has 3 heterocycles. The first-order valence-electron chi connectivity index (χ1n) is 13.1. The number of piperidine rings is 1. The number of fused-ring (bicyclic) bond motifs is 2. The molecule has 216 valence electrons. The van der Waals surface area contributed by atoms with E-state index in [4.69, 9.17) is 16.3 Å². The maximum atomic E-state index is 13.3. The molecule has 3 fully saturated rings. The highest BCUT2D eigenvalue weighted by atomic mass is 35.5. The monoisotopic (exact) mass is 596 g/mol. The summed E-state index contributed by atoms with van der Waals surface area (Å²) in [6.07, 6.45) is 5.29. The van der Waals surface area contributed by atoms with Gasteiger partial charge in [-0.25, -0.2) is 22.2 Å². The molecule has 2 saturated heterocycles. The third-order valence-electron chi connectivity index (χ3n) is 7.69. The molecular formula is C27H31ClF2N4O5S. The lowest BCUT2D eigenvalue weighted by molar-refractivity contribution is -0.135. The van der Waals surface area contributed by atoms with Gasteiger partial charge in [0.05, 0.1) is 11.6 Å². The maximum absolute atomic E-state index is 13.3. The van der Waals surface area contributed by atoms with E-state index in [-0.39, 0.29) is 51.7 Å². The molecule has 2 N–H and O–H groups in total. The van der Waals surface area contributed by atoms with E-state index in [0.29, 0.717) is 18.7 Å². The van der Waals surface area contributed by atoms with Crippen LogP contribution in [0.2, 0.25) is 5.02 Å². The number of sulfone groups is 1. The molecule has 1 saturated carbocycles. The van der Waals surface area contributed by atoms with Crippen molar-refractivity contribution < 1.29 is 31.5 Å². The summed E-state index contributed by atoms with van der Waals surface area (Å²) in [4.78, 5) is 32.1. The van der Waals surface area contributed by atoms with Gasteiger partial charge in [-0.3, -0.25) is 9.59 Å². The fraction of sp³-hybridized carbons (Fsp3) is 0.519. The minimum atomic E-state index is -3.64. The predicted octanol–water partition coefficient (Wildman–Crippen LogP) is 3.75. The molecule has 0 spiro atoms. The van der Waals surface area contributed by atoms with Gasteiger partial charge in [-0.1, -0.05) is 11.6 Å². The van der Waals surface area contributed by atoms with Crippen molar-refractivity contribution >= 4 is 39.1 Å². The quantitative estimate of drug-likeness (QED) is 0.477. The topological polar surface area (TPSA) is 118 Å². The highest BCUT2D eigenvalue weighted by Gasteiger charge is 2.58. The predicted molar refractivity (Wildman–Crippen MR) is 145 cm³/mol. The van der Waals surface area contributed by atoms with E-state index in [1.165, 1.54) is 24.4 Å². The molecule has 2 bridgehead atoms. The highest BCUT2D eigenvalue weighted by molar-refractivity contribution is 7.90. The van der Waals surface area contributed by atoms with Gasteiger partial charge in [0.25, 0.3) is 17.7 Å². The molecule has 3 atom stereocenters. The first kappa shape index (κ1) is 28.5. The zero-order valence-corrected chi connectivity index (χ0v) is 23.9. The Labute approximate surface area is 236 Å². The Hall–Kier alpha value is -2.99. The average molecular weight is 597 g/mol. The molecular weight excluding hydrogens is 566 g/mol.